The third kappa shape index (κ3) is 3.41. The number of nitrogens with one attached hydrogen (secondary N) is 1. The Morgan fingerprint density at radius 3 is 2.78 bits per heavy atom. The van der Waals surface area contributed by atoms with Gasteiger partial charge in [0.25, 0.3) is 11.6 Å². The largest absolute Gasteiger partial charge is 0.394 e. The van der Waals surface area contributed by atoms with Crippen LogP contribution in [0, 0.1) is 10.1 Å². The number of hydrogen-bond acceptors (Lipinski definition) is 4. The molecule has 1 aromatic carbocycles. The number of halogens is 1. The van der Waals surface area contributed by atoms with E-state index >= 15 is 0 Å². The third-order valence-electron chi connectivity index (χ3n) is 2.45. The van der Waals surface area contributed by atoms with Gasteiger partial charge in [0.15, 0.2) is 0 Å². The van der Waals surface area contributed by atoms with Crippen LogP contribution in [-0.4, -0.2) is 28.6 Å². The summed E-state index contributed by atoms with van der Waals surface area (Å²) in [5.41, 5.74) is -0.181. The number of hydrogen-bond donors (Lipinski definition) is 2. The lowest BCUT2D eigenvalue weighted by atomic mass is 10.1. The standard InChI is InChI=1S/C11H13ClN2O4/c1-2-8(6-15)13-11(16)7-3-4-9(12)10(5-7)14(17)18/h3-5,8,15H,2,6H2,1H3,(H,13,16)/t8-/m1/s1. The van der Waals surface area contributed by atoms with E-state index in [-0.39, 0.29) is 28.9 Å². The minimum atomic E-state index is -0.650. The molecule has 2 N–H and O–H groups in total. The van der Waals surface area contributed by atoms with E-state index in [1.54, 1.807) is 0 Å². The molecule has 0 unspecified atom stereocenters. The van der Waals surface area contributed by atoms with E-state index in [2.05, 4.69) is 5.32 Å². The predicted octanol–water partition coefficient (Wildman–Crippen LogP) is 1.75. The molecular weight excluding hydrogens is 260 g/mol. The van der Waals surface area contributed by atoms with Gasteiger partial charge in [-0.25, -0.2) is 0 Å². The molecule has 0 saturated heterocycles. The Labute approximate surface area is 109 Å². The van der Waals surface area contributed by atoms with Crippen LogP contribution in [0.15, 0.2) is 18.2 Å². The van der Waals surface area contributed by atoms with E-state index in [0.29, 0.717) is 6.42 Å². The number of aliphatic hydroxyl groups excluding tert-OH is 1. The number of rotatable bonds is 5. The summed E-state index contributed by atoms with van der Waals surface area (Å²) in [7, 11) is 0. The van der Waals surface area contributed by atoms with Crippen molar-refractivity contribution in [3.63, 3.8) is 0 Å². The minimum absolute atomic E-state index is 0.0225. The maximum Gasteiger partial charge on any atom is 0.288 e. The molecule has 0 fully saturated rings. The Bertz CT molecular complexity index is 460. The monoisotopic (exact) mass is 272 g/mol. The molecular formula is C11H13ClN2O4. The lowest BCUT2D eigenvalue weighted by Gasteiger charge is -2.13. The van der Waals surface area contributed by atoms with E-state index in [1.165, 1.54) is 12.1 Å². The predicted molar refractivity (Wildman–Crippen MR) is 66.7 cm³/mol. The number of benzene rings is 1. The molecule has 1 atom stereocenters. The number of nitrogens with zero attached hydrogens (tertiary/aromatic N) is 1. The quantitative estimate of drug-likeness (QED) is 0.631. The Hall–Kier alpha value is -1.66. The normalized spacial score (nSPS) is 11.9. The van der Waals surface area contributed by atoms with Crippen LogP contribution in [0.3, 0.4) is 0 Å². The van der Waals surface area contributed by atoms with Gasteiger partial charge in [0.05, 0.1) is 17.6 Å². The zero-order valence-electron chi connectivity index (χ0n) is 9.72. The first-order valence-electron chi connectivity index (χ1n) is 5.35. The topological polar surface area (TPSA) is 92.5 Å². The highest BCUT2D eigenvalue weighted by Crippen LogP contribution is 2.25. The van der Waals surface area contributed by atoms with Crippen molar-refractivity contribution in [2.75, 3.05) is 6.61 Å². The van der Waals surface area contributed by atoms with Crippen molar-refractivity contribution in [2.24, 2.45) is 0 Å². The van der Waals surface area contributed by atoms with E-state index in [9.17, 15) is 14.9 Å². The van der Waals surface area contributed by atoms with Crippen LogP contribution >= 0.6 is 11.6 Å². The Balaban J connectivity index is 2.93. The molecule has 0 aliphatic carbocycles. The fraction of sp³-hybridized carbons (Fsp3) is 0.364. The van der Waals surface area contributed by atoms with Gasteiger partial charge in [0.1, 0.15) is 5.02 Å². The zero-order chi connectivity index (χ0) is 13.7. The van der Waals surface area contributed by atoms with E-state index in [4.69, 9.17) is 16.7 Å². The van der Waals surface area contributed by atoms with Gasteiger partial charge in [0, 0.05) is 11.6 Å². The van der Waals surface area contributed by atoms with Crippen molar-refractivity contribution >= 4 is 23.2 Å². The fourth-order valence-electron chi connectivity index (χ4n) is 1.34. The molecule has 98 valence electrons. The molecule has 0 aliphatic heterocycles. The van der Waals surface area contributed by atoms with Crippen LogP contribution < -0.4 is 5.32 Å². The molecule has 0 bridgehead atoms. The molecule has 0 radical (unpaired) electrons. The van der Waals surface area contributed by atoms with E-state index < -0.39 is 10.8 Å². The molecule has 0 saturated carbocycles. The van der Waals surface area contributed by atoms with Gasteiger partial charge in [-0.05, 0) is 18.6 Å². The van der Waals surface area contributed by atoms with Crippen molar-refractivity contribution < 1.29 is 14.8 Å². The van der Waals surface area contributed by atoms with Crippen molar-refractivity contribution in [3.05, 3.63) is 38.9 Å². The summed E-state index contributed by atoms with van der Waals surface area (Å²) in [6, 6.07) is 3.44. The molecule has 6 nitrogen and oxygen atoms in total. The number of nitro groups is 1. The Kier molecular flexibility index (Phi) is 5.06. The maximum atomic E-state index is 11.8. The van der Waals surface area contributed by atoms with Gasteiger partial charge >= 0.3 is 0 Å². The summed E-state index contributed by atoms with van der Waals surface area (Å²) in [5.74, 6) is -0.476. The summed E-state index contributed by atoms with van der Waals surface area (Å²) in [6.45, 7) is 1.63. The SMILES string of the molecule is CC[C@H](CO)NC(=O)c1ccc(Cl)c([N+](=O)[O-])c1. The highest BCUT2D eigenvalue weighted by molar-refractivity contribution is 6.32. The highest BCUT2D eigenvalue weighted by atomic mass is 35.5. The van der Waals surface area contributed by atoms with E-state index in [1.807, 2.05) is 6.92 Å². The molecule has 0 heterocycles. The summed E-state index contributed by atoms with van der Waals surface area (Å²) in [5, 5.41) is 22.2. The molecule has 7 heteroatoms. The number of carbonyl (C=O) groups excluding carboxylic acids is 1. The summed E-state index contributed by atoms with van der Waals surface area (Å²) >= 11 is 5.64. The van der Waals surface area contributed by atoms with Crippen LogP contribution in [0.4, 0.5) is 5.69 Å². The summed E-state index contributed by atoms with van der Waals surface area (Å²) in [6.07, 6.45) is 0.567. The van der Waals surface area contributed by atoms with Crippen LogP contribution in [0.5, 0.6) is 0 Å². The van der Waals surface area contributed by atoms with Gasteiger partial charge in [0.2, 0.25) is 0 Å². The van der Waals surface area contributed by atoms with Gasteiger partial charge in [-0.2, -0.15) is 0 Å². The van der Waals surface area contributed by atoms with E-state index in [0.717, 1.165) is 6.07 Å². The van der Waals surface area contributed by atoms with Crippen LogP contribution in [-0.2, 0) is 0 Å². The molecule has 0 spiro atoms. The van der Waals surface area contributed by atoms with Crippen LogP contribution in [0.25, 0.3) is 0 Å². The van der Waals surface area contributed by atoms with Crippen LogP contribution in [0.2, 0.25) is 5.02 Å². The number of amides is 1. The number of carbonyl (C=O) groups is 1. The van der Waals surface area contributed by atoms with Crippen LogP contribution in [0.1, 0.15) is 23.7 Å². The lowest BCUT2D eigenvalue weighted by Crippen LogP contribution is -2.36. The highest BCUT2D eigenvalue weighted by Gasteiger charge is 2.17. The first kappa shape index (κ1) is 14.4. The van der Waals surface area contributed by atoms with Crippen molar-refractivity contribution in [1.82, 2.24) is 5.32 Å². The zero-order valence-corrected chi connectivity index (χ0v) is 10.5. The first-order chi connectivity index (χ1) is 8.49. The Morgan fingerprint density at radius 1 is 1.61 bits per heavy atom. The van der Waals surface area contributed by atoms with Crippen molar-refractivity contribution in [3.8, 4) is 0 Å². The molecule has 18 heavy (non-hydrogen) atoms. The summed E-state index contributed by atoms with van der Waals surface area (Å²) in [4.78, 5) is 21.8. The lowest BCUT2D eigenvalue weighted by molar-refractivity contribution is -0.384. The maximum absolute atomic E-state index is 11.8. The first-order valence-corrected chi connectivity index (χ1v) is 5.73. The van der Waals surface area contributed by atoms with Gasteiger partial charge in [-0.15, -0.1) is 0 Å². The second-order valence-electron chi connectivity index (χ2n) is 3.68. The minimum Gasteiger partial charge on any atom is -0.394 e. The van der Waals surface area contributed by atoms with Gasteiger partial charge in [-0.3, -0.25) is 14.9 Å². The average Bonchev–Trinajstić information content (AvgIpc) is 2.35. The molecule has 1 rings (SSSR count). The van der Waals surface area contributed by atoms with Crippen molar-refractivity contribution in [1.29, 1.82) is 0 Å². The number of aliphatic hydroxyl groups is 1. The van der Waals surface area contributed by atoms with Gasteiger partial charge in [-0.1, -0.05) is 18.5 Å². The third-order valence-corrected chi connectivity index (χ3v) is 2.77. The fourth-order valence-corrected chi connectivity index (χ4v) is 1.53. The van der Waals surface area contributed by atoms with Crippen molar-refractivity contribution in [2.45, 2.75) is 19.4 Å². The number of nitro benzene ring substituents is 1. The molecule has 1 amide bonds. The molecule has 0 aromatic heterocycles. The smallest absolute Gasteiger partial charge is 0.288 e. The molecule has 1 aromatic rings. The molecule has 0 aliphatic rings. The second kappa shape index (κ2) is 6.32. The second-order valence-corrected chi connectivity index (χ2v) is 4.09. The Morgan fingerprint density at radius 2 is 2.28 bits per heavy atom. The van der Waals surface area contributed by atoms with Gasteiger partial charge < -0.3 is 10.4 Å². The summed E-state index contributed by atoms with van der Waals surface area (Å²) < 4.78 is 0. The average molecular weight is 273 g/mol.